The fourth-order valence-corrected chi connectivity index (χ4v) is 1.24. The third-order valence-corrected chi connectivity index (χ3v) is 1.73. The first-order valence-electron chi connectivity index (χ1n) is 3.71. The summed E-state index contributed by atoms with van der Waals surface area (Å²) in [5, 5.41) is 9.66. The highest BCUT2D eigenvalue weighted by molar-refractivity contribution is 5.00. The van der Waals surface area contributed by atoms with Gasteiger partial charge in [-0.1, -0.05) is 12.2 Å². The van der Waals surface area contributed by atoms with Crippen molar-refractivity contribution >= 4 is 0 Å². The second-order valence-electron chi connectivity index (χ2n) is 2.76. The van der Waals surface area contributed by atoms with Crippen molar-refractivity contribution in [3.05, 3.63) is 12.2 Å². The van der Waals surface area contributed by atoms with Crippen molar-refractivity contribution in [3.63, 3.8) is 0 Å². The van der Waals surface area contributed by atoms with Gasteiger partial charge in [0.1, 0.15) is 5.60 Å². The van der Waals surface area contributed by atoms with Crippen molar-refractivity contribution in [1.82, 2.24) is 0 Å². The normalized spacial score (nSPS) is 35.0. The maximum absolute atomic E-state index is 9.66. The third-order valence-electron chi connectivity index (χ3n) is 1.73. The summed E-state index contributed by atoms with van der Waals surface area (Å²) in [6.07, 6.45) is 5.47. The lowest BCUT2D eigenvalue weighted by Crippen LogP contribution is -2.36. The van der Waals surface area contributed by atoms with Crippen LogP contribution in [0.25, 0.3) is 0 Å². The van der Waals surface area contributed by atoms with Crippen molar-refractivity contribution < 1.29 is 9.84 Å². The Labute approximate surface area is 61.5 Å². The van der Waals surface area contributed by atoms with Crippen LogP contribution in [0.15, 0.2) is 12.2 Å². The molecule has 2 nitrogen and oxygen atoms in total. The summed E-state index contributed by atoms with van der Waals surface area (Å²) in [7, 11) is 0. The van der Waals surface area contributed by atoms with Crippen LogP contribution in [-0.2, 0) is 4.74 Å². The lowest BCUT2D eigenvalue weighted by molar-refractivity contribution is -0.0542. The highest BCUT2D eigenvalue weighted by Gasteiger charge is 2.26. The summed E-state index contributed by atoms with van der Waals surface area (Å²) in [6, 6.07) is 0. The zero-order valence-electron chi connectivity index (χ0n) is 6.34. The minimum absolute atomic E-state index is 0.456. The first-order chi connectivity index (χ1) is 4.77. The average molecular weight is 142 g/mol. The first-order valence-corrected chi connectivity index (χ1v) is 3.71. The molecule has 10 heavy (non-hydrogen) atoms. The van der Waals surface area contributed by atoms with Gasteiger partial charge in [0, 0.05) is 6.61 Å². The van der Waals surface area contributed by atoms with Gasteiger partial charge < -0.3 is 9.84 Å². The molecule has 0 bridgehead atoms. The van der Waals surface area contributed by atoms with Crippen LogP contribution in [0.2, 0.25) is 0 Å². The molecule has 1 atom stereocenters. The summed E-state index contributed by atoms with van der Waals surface area (Å²) in [5.41, 5.74) is -0.674. The average Bonchev–Trinajstić information content (AvgIpc) is 1.89. The summed E-state index contributed by atoms with van der Waals surface area (Å²) in [6.45, 7) is 3.16. The lowest BCUT2D eigenvalue weighted by atomic mass is 9.96. The van der Waals surface area contributed by atoms with E-state index < -0.39 is 5.60 Å². The molecule has 58 valence electrons. The van der Waals surface area contributed by atoms with Crippen molar-refractivity contribution in [1.29, 1.82) is 0 Å². The van der Waals surface area contributed by atoms with Gasteiger partial charge >= 0.3 is 0 Å². The minimum Gasteiger partial charge on any atom is -0.383 e. The molecule has 1 heterocycles. The Morgan fingerprint density at radius 3 is 2.90 bits per heavy atom. The highest BCUT2D eigenvalue weighted by Crippen LogP contribution is 2.19. The van der Waals surface area contributed by atoms with E-state index in [-0.39, 0.29) is 0 Å². The maximum atomic E-state index is 9.66. The van der Waals surface area contributed by atoms with Gasteiger partial charge in [0.05, 0.1) is 6.61 Å². The molecule has 0 aromatic carbocycles. The van der Waals surface area contributed by atoms with Crippen molar-refractivity contribution in [2.24, 2.45) is 0 Å². The number of allylic oxidation sites excluding steroid dienone is 1. The summed E-state index contributed by atoms with van der Waals surface area (Å²) in [4.78, 5) is 0. The smallest absolute Gasteiger partial charge is 0.106 e. The number of rotatable bonds is 1. The number of aliphatic hydroxyl groups is 1. The monoisotopic (exact) mass is 142 g/mol. The standard InChI is InChI=1S/C8H14O2/c1-2-4-8(9)5-3-6-10-7-8/h2,4,9H,3,5-7H2,1H3/b4-2+. The van der Waals surface area contributed by atoms with E-state index in [4.69, 9.17) is 4.74 Å². The molecule has 2 heteroatoms. The van der Waals surface area contributed by atoms with Gasteiger partial charge in [-0.3, -0.25) is 0 Å². The van der Waals surface area contributed by atoms with Gasteiger partial charge in [0.25, 0.3) is 0 Å². The Bertz CT molecular complexity index is 123. The molecule has 1 saturated heterocycles. The van der Waals surface area contributed by atoms with Crippen LogP contribution in [0.1, 0.15) is 19.8 Å². The predicted molar refractivity (Wildman–Crippen MR) is 39.8 cm³/mol. The topological polar surface area (TPSA) is 29.5 Å². The van der Waals surface area contributed by atoms with E-state index in [1.54, 1.807) is 0 Å². The molecule has 0 spiro atoms. The number of ether oxygens (including phenoxy) is 1. The Balaban J connectivity index is 2.48. The second kappa shape index (κ2) is 3.17. The molecule has 0 aromatic rings. The van der Waals surface area contributed by atoms with Gasteiger partial charge in [0.15, 0.2) is 0 Å². The van der Waals surface area contributed by atoms with Crippen LogP contribution in [0.4, 0.5) is 0 Å². The largest absolute Gasteiger partial charge is 0.383 e. The van der Waals surface area contributed by atoms with Crippen molar-refractivity contribution in [2.45, 2.75) is 25.4 Å². The van der Waals surface area contributed by atoms with Crippen LogP contribution in [0.5, 0.6) is 0 Å². The molecule has 1 rings (SSSR count). The molecule has 1 N–H and O–H groups in total. The molecule has 0 aromatic heterocycles. The minimum atomic E-state index is -0.674. The van der Waals surface area contributed by atoms with Gasteiger partial charge in [-0.15, -0.1) is 0 Å². The van der Waals surface area contributed by atoms with Gasteiger partial charge in [-0.25, -0.2) is 0 Å². The molecule has 1 aliphatic rings. The summed E-state index contributed by atoms with van der Waals surface area (Å²) >= 11 is 0. The zero-order valence-corrected chi connectivity index (χ0v) is 6.34. The molecule has 1 unspecified atom stereocenters. The molecule has 0 radical (unpaired) electrons. The predicted octanol–water partition coefficient (Wildman–Crippen LogP) is 1.10. The number of hydrogen-bond donors (Lipinski definition) is 1. The van der Waals surface area contributed by atoms with Gasteiger partial charge in [-0.2, -0.15) is 0 Å². The molecule has 1 aliphatic heterocycles. The zero-order chi connectivity index (χ0) is 7.45. The first kappa shape index (κ1) is 7.76. The summed E-state index contributed by atoms with van der Waals surface area (Å²) < 4.78 is 5.14. The van der Waals surface area contributed by atoms with Gasteiger partial charge in [-0.05, 0) is 19.8 Å². The molecule has 1 fully saturated rings. The van der Waals surface area contributed by atoms with E-state index in [0.29, 0.717) is 6.61 Å². The lowest BCUT2D eigenvalue weighted by Gasteiger charge is -2.28. The maximum Gasteiger partial charge on any atom is 0.106 e. The van der Waals surface area contributed by atoms with E-state index in [0.717, 1.165) is 19.4 Å². The molecular formula is C8H14O2. The Morgan fingerprint density at radius 2 is 2.40 bits per heavy atom. The van der Waals surface area contributed by atoms with Crippen LogP contribution in [0.3, 0.4) is 0 Å². The van der Waals surface area contributed by atoms with Crippen LogP contribution in [0, 0.1) is 0 Å². The molecule has 0 aliphatic carbocycles. The van der Waals surface area contributed by atoms with Crippen LogP contribution in [-0.4, -0.2) is 23.9 Å². The fraction of sp³-hybridized carbons (Fsp3) is 0.750. The fourth-order valence-electron chi connectivity index (χ4n) is 1.24. The van der Waals surface area contributed by atoms with Gasteiger partial charge in [0.2, 0.25) is 0 Å². The van der Waals surface area contributed by atoms with E-state index >= 15 is 0 Å². The molecule has 0 saturated carbocycles. The molecular weight excluding hydrogens is 128 g/mol. The van der Waals surface area contributed by atoms with E-state index in [1.807, 2.05) is 19.1 Å². The third kappa shape index (κ3) is 1.82. The molecule has 0 amide bonds. The quantitative estimate of drug-likeness (QED) is 0.555. The van der Waals surface area contributed by atoms with Crippen molar-refractivity contribution in [3.8, 4) is 0 Å². The highest BCUT2D eigenvalue weighted by atomic mass is 16.5. The van der Waals surface area contributed by atoms with E-state index in [1.165, 1.54) is 0 Å². The SMILES string of the molecule is C/C=C/C1(O)CCCOC1. The van der Waals surface area contributed by atoms with E-state index in [9.17, 15) is 5.11 Å². The number of hydrogen-bond acceptors (Lipinski definition) is 2. The Kier molecular flexibility index (Phi) is 2.46. The van der Waals surface area contributed by atoms with Crippen molar-refractivity contribution in [2.75, 3.05) is 13.2 Å². The Hall–Kier alpha value is -0.340. The van der Waals surface area contributed by atoms with Crippen LogP contribution < -0.4 is 0 Å². The van der Waals surface area contributed by atoms with E-state index in [2.05, 4.69) is 0 Å². The second-order valence-corrected chi connectivity index (χ2v) is 2.76. The Morgan fingerprint density at radius 1 is 1.60 bits per heavy atom. The van der Waals surface area contributed by atoms with Crippen LogP contribution >= 0.6 is 0 Å². The summed E-state index contributed by atoms with van der Waals surface area (Å²) in [5.74, 6) is 0.